The van der Waals surface area contributed by atoms with Crippen LogP contribution in [0.15, 0.2) is 45.2 Å². The minimum absolute atomic E-state index is 0.130. The van der Waals surface area contributed by atoms with Crippen molar-refractivity contribution in [1.29, 1.82) is 0 Å². The summed E-state index contributed by atoms with van der Waals surface area (Å²) in [5.41, 5.74) is 5.04. The molecule has 0 bridgehead atoms. The van der Waals surface area contributed by atoms with Crippen LogP contribution in [0, 0.1) is 0 Å². The number of benzene rings is 1. The van der Waals surface area contributed by atoms with Crippen LogP contribution in [0.2, 0.25) is 0 Å². The fourth-order valence-corrected chi connectivity index (χ4v) is 2.73. The van der Waals surface area contributed by atoms with E-state index in [1.165, 1.54) is 6.07 Å². The summed E-state index contributed by atoms with van der Waals surface area (Å²) in [5, 5.41) is 3.00. The number of nitrogen functional groups attached to an aromatic ring is 1. The first-order valence-electron chi connectivity index (χ1n) is 5.58. The Labute approximate surface area is 134 Å². The van der Waals surface area contributed by atoms with Crippen molar-refractivity contribution in [3.8, 4) is 0 Å². The molecule has 0 spiro atoms. The number of anilines is 2. The lowest BCUT2D eigenvalue weighted by atomic mass is 10.2. The Bertz CT molecular complexity index is 798. The Morgan fingerprint density at radius 2 is 2.00 bits per heavy atom. The number of alkyl halides is 1. The van der Waals surface area contributed by atoms with Gasteiger partial charge >= 0.3 is 0 Å². The molecule has 0 saturated heterocycles. The maximum absolute atomic E-state index is 14.6. The van der Waals surface area contributed by atoms with E-state index < -0.39 is 36.9 Å². The summed E-state index contributed by atoms with van der Waals surface area (Å²) in [4.78, 5) is -0.633. The molecular weight excluding hydrogens is 363 g/mol. The van der Waals surface area contributed by atoms with E-state index in [1.54, 1.807) is 5.32 Å². The molecule has 0 fully saturated rings. The fourth-order valence-electron chi connectivity index (χ4n) is 1.67. The summed E-state index contributed by atoms with van der Waals surface area (Å²) >= 11 is 11.1. The molecular formula is C11H9Cl2F2N3O3S. The topological polar surface area (TPSA) is 104 Å². The van der Waals surface area contributed by atoms with E-state index in [9.17, 15) is 17.2 Å². The van der Waals surface area contributed by atoms with Gasteiger partial charge in [0.25, 0.3) is 16.0 Å². The van der Waals surface area contributed by atoms with Gasteiger partial charge in [-0.1, -0.05) is 23.2 Å². The summed E-state index contributed by atoms with van der Waals surface area (Å²) in [6.45, 7) is 0. The highest BCUT2D eigenvalue weighted by molar-refractivity contribution is 7.86. The van der Waals surface area contributed by atoms with Gasteiger partial charge in [0.2, 0.25) is 5.95 Å². The summed E-state index contributed by atoms with van der Waals surface area (Å²) in [6, 6.07) is 3.21. The molecule has 22 heavy (non-hydrogen) atoms. The van der Waals surface area contributed by atoms with E-state index >= 15 is 0 Å². The molecule has 1 heterocycles. The Morgan fingerprint density at radius 3 is 2.59 bits per heavy atom. The molecule has 1 aromatic carbocycles. The van der Waals surface area contributed by atoms with Crippen LogP contribution in [0.1, 0.15) is 0 Å². The Balaban J connectivity index is 2.38. The first kappa shape index (κ1) is 16.8. The van der Waals surface area contributed by atoms with Gasteiger partial charge in [0.1, 0.15) is 4.90 Å². The smallest absolute Gasteiger partial charge is 0.296 e. The largest absolute Gasteiger partial charge is 0.398 e. The predicted molar refractivity (Wildman–Crippen MR) is 79.2 cm³/mol. The van der Waals surface area contributed by atoms with Gasteiger partial charge in [0.05, 0.1) is 15.8 Å². The zero-order chi connectivity index (χ0) is 16.7. The number of allylic oxidation sites excluding steroid dienone is 2. The number of dihydropyridines is 1. The molecule has 2 rings (SSSR count). The van der Waals surface area contributed by atoms with Crippen LogP contribution in [-0.4, -0.2) is 18.9 Å². The molecule has 1 aliphatic rings. The predicted octanol–water partition coefficient (Wildman–Crippen LogP) is 2.65. The second kappa shape index (κ2) is 5.58. The van der Waals surface area contributed by atoms with E-state index in [0.717, 1.165) is 18.2 Å². The van der Waals surface area contributed by atoms with Gasteiger partial charge in [-0.3, -0.25) is 4.55 Å². The molecule has 1 aliphatic heterocycles. The van der Waals surface area contributed by atoms with Crippen LogP contribution in [0.4, 0.5) is 20.2 Å². The summed E-state index contributed by atoms with van der Waals surface area (Å²) in [7, 11) is -4.61. The second-order valence-electron chi connectivity index (χ2n) is 4.29. The van der Waals surface area contributed by atoms with Crippen molar-refractivity contribution in [2.45, 2.75) is 10.8 Å². The lowest BCUT2D eigenvalue weighted by molar-refractivity contribution is 0.204. The van der Waals surface area contributed by atoms with Gasteiger partial charge in [0.15, 0.2) is 0 Å². The van der Waals surface area contributed by atoms with E-state index in [0.29, 0.717) is 0 Å². The molecule has 0 radical (unpaired) electrons. The zero-order valence-corrected chi connectivity index (χ0v) is 12.9. The lowest BCUT2D eigenvalue weighted by Gasteiger charge is -2.30. The van der Waals surface area contributed by atoms with E-state index in [2.05, 4.69) is 5.32 Å². The fraction of sp³-hybridized carbons (Fsp3) is 0.0909. The van der Waals surface area contributed by atoms with Gasteiger partial charge in [-0.15, -0.1) is 0 Å². The molecule has 1 atom stereocenters. The molecule has 120 valence electrons. The average Bonchev–Trinajstić information content (AvgIpc) is 2.38. The van der Waals surface area contributed by atoms with Crippen molar-refractivity contribution in [3.63, 3.8) is 0 Å². The highest BCUT2D eigenvalue weighted by Crippen LogP contribution is 2.34. The van der Waals surface area contributed by atoms with Crippen LogP contribution in [0.3, 0.4) is 0 Å². The molecule has 0 aromatic heterocycles. The molecule has 6 nitrogen and oxygen atoms in total. The SMILES string of the molecule is Nc1ccc(NC2(F)NC(F)=C(Cl)C=C2Cl)cc1S(=O)(=O)O. The lowest BCUT2D eigenvalue weighted by Crippen LogP contribution is -2.49. The molecule has 1 unspecified atom stereocenters. The van der Waals surface area contributed by atoms with Gasteiger partial charge < -0.3 is 16.4 Å². The van der Waals surface area contributed by atoms with Gasteiger partial charge in [-0.25, -0.2) is 0 Å². The highest BCUT2D eigenvalue weighted by atomic mass is 35.5. The van der Waals surface area contributed by atoms with E-state index in [1.807, 2.05) is 0 Å². The van der Waals surface area contributed by atoms with E-state index in [-0.39, 0.29) is 11.4 Å². The number of hydrogen-bond acceptors (Lipinski definition) is 5. The van der Waals surface area contributed by atoms with Gasteiger partial charge in [-0.05, 0) is 24.3 Å². The van der Waals surface area contributed by atoms with Crippen LogP contribution in [0.25, 0.3) is 0 Å². The monoisotopic (exact) mass is 371 g/mol. The Morgan fingerprint density at radius 1 is 1.36 bits per heavy atom. The first-order chi connectivity index (χ1) is 10.0. The number of nitrogens with one attached hydrogen (secondary N) is 2. The van der Waals surface area contributed by atoms with Crippen molar-refractivity contribution in [3.05, 3.63) is 40.3 Å². The van der Waals surface area contributed by atoms with Gasteiger partial charge in [-0.2, -0.15) is 17.2 Å². The minimum atomic E-state index is -4.61. The Kier molecular flexibility index (Phi) is 4.26. The molecule has 1 aromatic rings. The Hall–Kier alpha value is -1.55. The summed E-state index contributed by atoms with van der Waals surface area (Å²) < 4.78 is 59.3. The molecule has 0 aliphatic carbocycles. The third-order valence-corrected chi connectivity index (χ3v) is 4.24. The quantitative estimate of drug-likeness (QED) is 0.370. The number of hydrogen-bond donors (Lipinski definition) is 4. The van der Waals surface area contributed by atoms with Crippen molar-refractivity contribution in [2.24, 2.45) is 0 Å². The van der Waals surface area contributed by atoms with Crippen molar-refractivity contribution >= 4 is 44.7 Å². The minimum Gasteiger partial charge on any atom is -0.398 e. The maximum Gasteiger partial charge on any atom is 0.296 e. The van der Waals surface area contributed by atoms with Gasteiger partial charge in [0, 0.05) is 5.69 Å². The normalized spacial score (nSPS) is 22.1. The van der Waals surface area contributed by atoms with Crippen LogP contribution < -0.4 is 16.4 Å². The van der Waals surface area contributed by atoms with Crippen molar-refractivity contribution in [2.75, 3.05) is 11.1 Å². The molecule has 0 amide bonds. The van der Waals surface area contributed by atoms with Crippen LogP contribution >= 0.6 is 23.2 Å². The summed E-state index contributed by atoms with van der Waals surface area (Å²) in [6.07, 6.45) is 0.850. The highest BCUT2D eigenvalue weighted by Gasteiger charge is 2.38. The van der Waals surface area contributed by atoms with Crippen molar-refractivity contribution in [1.82, 2.24) is 5.32 Å². The third kappa shape index (κ3) is 3.27. The number of halogens is 4. The maximum atomic E-state index is 14.6. The van der Waals surface area contributed by atoms with Crippen LogP contribution in [-0.2, 0) is 10.1 Å². The zero-order valence-electron chi connectivity index (χ0n) is 10.6. The average molecular weight is 372 g/mol. The van der Waals surface area contributed by atoms with Crippen LogP contribution in [0.5, 0.6) is 0 Å². The first-order valence-corrected chi connectivity index (χ1v) is 7.78. The standard InChI is InChI=1S/C11H9Cl2F2N3O3S/c12-6-4-9(13)11(15,18-10(6)14)17-5-1-2-7(16)8(3-5)22(19,20)21/h1-4,17-18H,16H2,(H,19,20,21). The summed E-state index contributed by atoms with van der Waals surface area (Å²) in [5.74, 6) is -3.91. The number of nitrogens with two attached hydrogens (primary N) is 1. The molecule has 11 heteroatoms. The molecule has 5 N–H and O–H groups in total. The van der Waals surface area contributed by atoms with Crippen molar-refractivity contribution < 1.29 is 21.8 Å². The van der Waals surface area contributed by atoms with E-state index in [4.69, 9.17) is 33.5 Å². The molecule has 0 saturated carbocycles. The number of rotatable bonds is 3. The third-order valence-electron chi connectivity index (χ3n) is 2.68. The second-order valence-corrected chi connectivity index (χ2v) is 6.49.